The van der Waals surface area contributed by atoms with Crippen molar-refractivity contribution in [3.05, 3.63) is 30.1 Å². The first-order chi connectivity index (χ1) is 20.5. The molecule has 1 aromatic rings. The number of esters is 1. The highest BCUT2D eigenvalue weighted by Crippen LogP contribution is 2.36. The van der Waals surface area contributed by atoms with Crippen molar-refractivity contribution < 1.29 is 48.6 Å². The highest BCUT2D eigenvalue weighted by atomic mass is 19.1. The maximum absolute atomic E-state index is 13.5. The topological polar surface area (TPSA) is 147 Å². The van der Waals surface area contributed by atoms with Gasteiger partial charge in [-0.1, -0.05) is 20.8 Å². The Bertz CT molecular complexity index is 1050. The van der Waals surface area contributed by atoms with Crippen LogP contribution in [0.2, 0.25) is 0 Å². The fourth-order valence-corrected chi connectivity index (χ4v) is 6.55. The van der Waals surface area contributed by atoms with Gasteiger partial charge in [-0.2, -0.15) is 0 Å². The minimum absolute atomic E-state index is 0.125. The normalized spacial score (nSPS) is 43.4. The van der Waals surface area contributed by atoms with Gasteiger partial charge in [0.05, 0.1) is 29.8 Å². The number of benzene rings is 1. The summed E-state index contributed by atoms with van der Waals surface area (Å²) in [4.78, 5) is 13.3. The maximum atomic E-state index is 13.5. The summed E-state index contributed by atoms with van der Waals surface area (Å²) in [5.74, 6) is -2.65. The van der Waals surface area contributed by atoms with E-state index in [1.54, 1.807) is 27.7 Å². The smallest absolute Gasteiger partial charge is 0.311 e. The van der Waals surface area contributed by atoms with Gasteiger partial charge in [-0.05, 0) is 97.0 Å². The van der Waals surface area contributed by atoms with Crippen LogP contribution in [0.4, 0.5) is 4.39 Å². The molecule has 0 bridgehead atoms. The van der Waals surface area contributed by atoms with Crippen LogP contribution in [0.1, 0.15) is 81.1 Å². The van der Waals surface area contributed by atoms with Crippen LogP contribution in [0.3, 0.4) is 0 Å². The SMILES string of the molecule is CC[C@H]1OC(=O)[C@H](C)[C@@H](O)[C@H](C)[C@@H](O[C@@H]2O[C@H](C)CC[C@H]2Oc2ccc(F)cc2)[C@](C)(O)C[C@@H](C)CN[C@H](C)[C@@H](O)[C@]1(C)O. The van der Waals surface area contributed by atoms with E-state index in [2.05, 4.69) is 5.32 Å². The molecule has 13 atom stereocenters. The molecule has 2 aliphatic rings. The van der Waals surface area contributed by atoms with Gasteiger partial charge in [-0.3, -0.25) is 4.79 Å². The molecule has 2 fully saturated rings. The molecule has 1 aromatic carbocycles. The molecule has 0 aliphatic carbocycles. The zero-order valence-electron chi connectivity index (χ0n) is 27.4. The van der Waals surface area contributed by atoms with Crippen molar-refractivity contribution in [2.75, 3.05) is 6.54 Å². The molecule has 44 heavy (non-hydrogen) atoms. The Morgan fingerprint density at radius 1 is 1.05 bits per heavy atom. The molecule has 0 saturated carbocycles. The van der Waals surface area contributed by atoms with Crippen molar-refractivity contribution in [1.82, 2.24) is 5.32 Å². The Morgan fingerprint density at radius 3 is 2.30 bits per heavy atom. The Labute approximate surface area is 261 Å². The maximum Gasteiger partial charge on any atom is 0.311 e. The molecule has 0 radical (unpaired) electrons. The number of nitrogens with one attached hydrogen (secondary N) is 1. The number of ether oxygens (including phenoxy) is 4. The minimum atomic E-state index is -1.76. The zero-order valence-corrected chi connectivity index (χ0v) is 27.4. The van der Waals surface area contributed by atoms with Crippen LogP contribution in [0.5, 0.6) is 5.75 Å². The van der Waals surface area contributed by atoms with Gasteiger partial charge >= 0.3 is 5.97 Å². The fourth-order valence-electron chi connectivity index (χ4n) is 6.55. The molecule has 0 aromatic heterocycles. The van der Waals surface area contributed by atoms with E-state index in [9.17, 15) is 29.6 Å². The molecule has 3 rings (SSSR count). The van der Waals surface area contributed by atoms with Gasteiger partial charge in [0, 0.05) is 12.0 Å². The van der Waals surface area contributed by atoms with E-state index in [4.69, 9.17) is 18.9 Å². The monoisotopic (exact) mass is 627 g/mol. The van der Waals surface area contributed by atoms with Crippen molar-refractivity contribution in [2.45, 2.75) is 141 Å². The van der Waals surface area contributed by atoms with E-state index < -0.39 is 71.9 Å². The van der Waals surface area contributed by atoms with Crippen LogP contribution in [0, 0.1) is 23.6 Å². The molecule has 252 valence electrons. The van der Waals surface area contributed by atoms with Crippen molar-refractivity contribution >= 4 is 5.97 Å². The summed E-state index contributed by atoms with van der Waals surface area (Å²) >= 11 is 0. The lowest BCUT2D eigenvalue weighted by Gasteiger charge is -2.44. The van der Waals surface area contributed by atoms with Gasteiger partial charge < -0.3 is 44.7 Å². The highest BCUT2D eigenvalue weighted by molar-refractivity contribution is 5.73. The van der Waals surface area contributed by atoms with Crippen LogP contribution in [0.15, 0.2) is 24.3 Å². The van der Waals surface area contributed by atoms with Crippen molar-refractivity contribution in [2.24, 2.45) is 17.8 Å². The number of hydrogen-bond acceptors (Lipinski definition) is 10. The van der Waals surface area contributed by atoms with E-state index in [1.807, 2.05) is 13.8 Å². The first-order valence-corrected chi connectivity index (χ1v) is 16.0. The molecule has 2 saturated heterocycles. The standard InChI is InChI=1S/C33H54FNO9/c1-9-26-33(8,40)28(37)22(6)35-17-18(2)16-32(7,39)29(20(4)27(36)21(5)30(38)43-26)44-31-25(15-10-19(3)41-31)42-24-13-11-23(34)12-14-24/h11-14,18-22,25-29,31,35-37,39-40H,9-10,15-17H2,1-8H3/t18-,19-,20+,21-,22-,25-,26-,27+,28-,29-,31+,32-,33-/m1/s1. The predicted molar refractivity (Wildman–Crippen MR) is 162 cm³/mol. The number of aliphatic hydroxyl groups excluding tert-OH is 2. The average Bonchev–Trinajstić information content (AvgIpc) is 2.97. The quantitative estimate of drug-likeness (QED) is 0.308. The molecular weight excluding hydrogens is 573 g/mol. The van der Waals surface area contributed by atoms with Gasteiger partial charge in [0.2, 0.25) is 0 Å². The number of rotatable bonds is 5. The Hall–Kier alpha value is -1.86. The van der Waals surface area contributed by atoms with E-state index in [0.29, 0.717) is 25.1 Å². The average molecular weight is 628 g/mol. The summed E-state index contributed by atoms with van der Waals surface area (Å²) < 4.78 is 38.1. The van der Waals surface area contributed by atoms with Gasteiger partial charge in [0.25, 0.3) is 0 Å². The molecule has 0 spiro atoms. The van der Waals surface area contributed by atoms with Crippen molar-refractivity contribution in [3.8, 4) is 5.75 Å². The fraction of sp³-hybridized carbons (Fsp3) is 0.788. The lowest BCUT2D eigenvalue weighted by molar-refractivity contribution is -0.285. The predicted octanol–water partition coefficient (Wildman–Crippen LogP) is 3.32. The van der Waals surface area contributed by atoms with E-state index in [-0.39, 0.29) is 30.7 Å². The van der Waals surface area contributed by atoms with Crippen LogP contribution >= 0.6 is 0 Å². The second-order valence-corrected chi connectivity index (χ2v) is 13.6. The molecule has 0 unspecified atom stereocenters. The summed E-state index contributed by atoms with van der Waals surface area (Å²) in [5.41, 5.74) is -3.27. The molecule has 10 nitrogen and oxygen atoms in total. The Morgan fingerprint density at radius 2 is 1.68 bits per heavy atom. The van der Waals surface area contributed by atoms with Crippen molar-refractivity contribution in [3.63, 3.8) is 0 Å². The third-order valence-corrected chi connectivity index (χ3v) is 9.33. The summed E-state index contributed by atoms with van der Waals surface area (Å²) in [5, 5.41) is 49.0. The third kappa shape index (κ3) is 8.90. The number of cyclic esters (lactones) is 1. The van der Waals surface area contributed by atoms with Gasteiger partial charge in [-0.15, -0.1) is 0 Å². The van der Waals surface area contributed by atoms with Crippen molar-refractivity contribution in [1.29, 1.82) is 0 Å². The number of hydrogen-bond donors (Lipinski definition) is 5. The van der Waals surface area contributed by atoms with E-state index in [0.717, 1.165) is 0 Å². The number of carbonyl (C=O) groups excluding carboxylic acids is 1. The summed E-state index contributed by atoms with van der Waals surface area (Å²) in [6, 6.07) is 5.10. The van der Waals surface area contributed by atoms with E-state index >= 15 is 0 Å². The number of carbonyl (C=O) groups is 1. The lowest BCUT2D eigenvalue weighted by atomic mass is 9.78. The third-order valence-electron chi connectivity index (χ3n) is 9.33. The number of halogens is 1. The van der Waals surface area contributed by atoms with Crippen LogP contribution in [0.25, 0.3) is 0 Å². The minimum Gasteiger partial charge on any atom is -0.485 e. The molecular formula is C33H54FNO9. The van der Waals surface area contributed by atoms with Gasteiger partial charge in [0.1, 0.15) is 35.5 Å². The summed E-state index contributed by atoms with van der Waals surface area (Å²) in [6.07, 6.45) is -4.52. The van der Waals surface area contributed by atoms with E-state index in [1.165, 1.54) is 38.1 Å². The van der Waals surface area contributed by atoms with Crippen LogP contribution in [-0.2, 0) is 19.0 Å². The lowest BCUT2D eigenvalue weighted by Crippen LogP contribution is -2.58. The zero-order chi connectivity index (χ0) is 33.0. The van der Waals surface area contributed by atoms with Gasteiger partial charge in [0.15, 0.2) is 6.29 Å². The molecule has 2 heterocycles. The molecule has 11 heteroatoms. The Kier molecular flexibility index (Phi) is 12.6. The summed E-state index contributed by atoms with van der Waals surface area (Å²) in [7, 11) is 0. The number of aliphatic hydroxyl groups is 4. The second kappa shape index (κ2) is 15.2. The van der Waals surface area contributed by atoms with Gasteiger partial charge in [-0.25, -0.2) is 4.39 Å². The Balaban J connectivity index is 1.96. The molecule has 2 aliphatic heterocycles. The second-order valence-electron chi connectivity index (χ2n) is 13.6. The van der Waals surface area contributed by atoms with Crippen LogP contribution < -0.4 is 10.1 Å². The van der Waals surface area contributed by atoms with Crippen LogP contribution in [-0.4, -0.2) is 93.1 Å². The molecule has 5 N–H and O–H groups in total. The first-order valence-electron chi connectivity index (χ1n) is 16.0. The highest BCUT2D eigenvalue weighted by Gasteiger charge is 2.48. The largest absolute Gasteiger partial charge is 0.485 e. The molecule has 0 amide bonds. The summed E-state index contributed by atoms with van der Waals surface area (Å²) in [6.45, 7) is 14.0. The first kappa shape index (κ1) is 36.6.